The molecular formula is C11H18. The van der Waals surface area contributed by atoms with Crippen LogP contribution in [0.2, 0.25) is 0 Å². The van der Waals surface area contributed by atoms with E-state index < -0.39 is 0 Å². The fraction of sp³-hybridized carbons (Fsp3) is 0.818. The van der Waals surface area contributed by atoms with Gasteiger partial charge in [0.1, 0.15) is 0 Å². The van der Waals surface area contributed by atoms with Gasteiger partial charge in [-0.05, 0) is 37.5 Å². The second-order valence-electron chi connectivity index (χ2n) is 4.12. The van der Waals surface area contributed by atoms with Gasteiger partial charge < -0.3 is 0 Å². The Balaban J connectivity index is 2.07. The van der Waals surface area contributed by atoms with Crippen molar-refractivity contribution in [3.8, 4) is 0 Å². The third-order valence-electron chi connectivity index (χ3n) is 3.21. The molecule has 0 N–H and O–H groups in total. The van der Waals surface area contributed by atoms with Crippen LogP contribution in [0.25, 0.3) is 0 Å². The van der Waals surface area contributed by atoms with E-state index in [1.54, 1.807) is 0 Å². The zero-order chi connectivity index (χ0) is 7.52. The quantitative estimate of drug-likeness (QED) is 0.463. The van der Waals surface area contributed by atoms with Gasteiger partial charge >= 0.3 is 0 Å². The van der Waals surface area contributed by atoms with Crippen molar-refractivity contribution in [3.63, 3.8) is 0 Å². The van der Waals surface area contributed by atoms with Crippen molar-refractivity contribution in [2.75, 3.05) is 0 Å². The van der Waals surface area contributed by atoms with Crippen molar-refractivity contribution in [2.24, 2.45) is 11.8 Å². The molecule has 0 aromatic carbocycles. The lowest BCUT2D eigenvalue weighted by molar-refractivity contribution is 0.503. The minimum absolute atomic E-state index is 0.945. The summed E-state index contributed by atoms with van der Waals surface area (Å²) >= 11 is 0. The van der Waals surface area contributed by atoms with E-state index in [4.69, 9.17) is 0 Å². The minimum Gasteiger partial charge on any atom is -0.0851 e. The Morgan fingerprint density at radius 3 is 1.64 bits per heavy atom. The van der Waals surface area contributed by atoms with E-state index in [-0.39, 0.29) is 0 Å². The van der Waals surface area contributed by atoms with Crippen LogP contribution >= 0.6 is 0 Å². The van der Waals surface area contributed by atoms with Gasteiger partial charge in [0.05, 0.1) is 0 Å². The summed E-state index contributed by atoms with van der Waals surface area (Å²) in [4.78, 5) is 0. The second-order valence-corrected chi connectivity index (χ2v) is 4.12. The molecule has 2 rings (SSSR count). The lowest BCUT2D eigenvalue weighted by Crippen LogP contribution is -1.98. The minimum atomic E-state index is 0.945. The maximum Gasteiger partial charge on any atom is -0.0233 e. The first kappa shape index (κ1) is 7.39. The van der Waals surface area contributed by atoms with Gasteiger partial charge in [0.2, 0.25) is 0 Å². The number of fused-ring (bicyclic) bond motifs is 2. The molecule has 0 aliphatic heterocycles. The summed E-state index contributed by atoms with van der Waals surface area (Å²) in [6.45, 7) is 0. The molecule has 0 aromatic rings. The van der Waals surface area contributed by atoms with Gasteiger partial charge in [0.15, 0.2) is 0 Å². The Kier molecular flexibility index (Phi) is 2.30. The standard InChI is InChI=1S/C11H18/c1-2-5-11-7-3-6-10(4-1)8-9-11/h8-11H,1-7H2. The molecular weight excluding hydrogens is 132 g/mol. The Hall–Kier alpha value is -0.260. The van der Waals surface area contributed by atoms with Crippen molar-refractivity contribution in [3.05, 3.63) is 12.2 Å². The summed E-state index contributed by atoms with van der Waals surface area (Å²) < 4.78 is 0. The van der Waals surface area contributed by atoms with Gasteiger partial charge in [0.25, 0.3) is 0 Å². The highest BCUT2D eigenvalue weighted by Gasteiger charge is 2.15. The van der Waals surface area contributed by atoms with Crippen molar-refractivity contribution >= 4 is 0 Å². The molecule has 0 saturated heterocycles. The largest absolute Gasteiger partial charge is 0.0851 e. The van der Waals surface area contributed by atoms with Crippen LogP contribution in [0.1, 0.15) is 44.9 Å². The average molecular weight is 150 g/mol. The molecule has 0 amide bonds. The summed E-state index contributed by atoms with van der Waals surface area (Å²) in [6, 6.07) is 0. The zero-order valence-corrected chi connectivity index (χ0v) is 7.26. The van der Waals surface area contributed by atoms with E-state index in [1.807, 2.05) is 0 Å². The van der Waals surface area contributed by atoms with Crippen LogP contribution in [-0.4, -0.2) is 0 Å². The van der Waals surface area contributed by atoms with E-state index in [9.17, 15) is 0 Å². The monoisotopic (exact) mass is 150 g/mol. The fourth-order valence-corrected chi connectivity index (χ4v) is 2.44. The van der Waals surface area contributed by atoms with Crippen molar-refractivity contribution in [1.29, 1.82) is 0 Å². The molecule has 0 nitrogen and oxygen atoms in total. The molecule has 0 radical (unpaired) electrons. The van der Waals surface area contributed by atoms with Crippen LogP contribution in [0.4, 0.5) is 0 Å². The van der Waals surface area contributed by atoms with E-state index in [2.05, 4.69) is 12.2 Å². The summed E-state index contributed by atoms with van der Waals surface area (Å²) in [5, 5.41) is 0. The highest BCUT2D eigenvalue weighted by molar-refractivity contribution is 4.97. The van der Waals surface area contributed by atoms with Crippen molar-refractivity contribution in [1.82, 2.24) is 0 Å². The lowest BCUT2D eigenvalue weighted by Gasteiger charge is -2.12. The highest BCUT2D eigenvalue weighted by atomic mass is 14.2. The number of hydrogen-bond donors (Lipinski definition) is 0. The third kappa shape index (κ3) is 1.85. The first-order valence-electron chi connectivity index (χ1n) is 5.13. The molecule has 0 aromatic heterocycles. The number of hydrogen-bond acceptors (Lipinski definition) is 0. The maximum atomic E-state index is 2.50. The Morgan fingerprint density at radius 1 is 0.636 bits per heavy atom. The molecule has 0 spiro atoms. The van der Waals surface area contributed by atoms with E-state index in [0.29, 0.717) is 0 Å². The molecule has 62 valence electrons. The molecule has 0 fully saturated rings. The van der Waals surface area contributed by atoms with Gasteiger partial charge in [-0.1, -0.05) is 31.4 Å². The first-order chi connectivity index (χ1) is 5.45. The third-order valence-corrected chi connectivity index (χ3v) is 3.21. The van der Waals surface area contributed by atoms with Crippen LogP contribution in [0, 0.1) is 11.8 Å². The van der Waals surface area contributed by atoms with Crippen LogP contribution in [0.3, 0.4) is 0 Å². The highest BCUT2D eigenvalue weighted by Crippen LogP contribution is 2.30. The fourth-order valence-electron chi connectivity index (χ4n) is 2.44. The Labute approximate surface area is 69.7 Å². The molecule has 0 heteroatoms. The molecule has 0 saturated carbocycles. The topological polar surface area (TPSA) is 0 Å². The predicted molar refractivity (Wildman–Crippen MR) is 48.4 cm³/mol. The van der Waals surface area contributed by atoms with Gasteiger partial charge in [-0.15, -0.1) is 0 Å². The van der Waals surface area contributed by atoms with Gasteiger partial charge in [0, 0.05) is 0 Å². The summed E-state index contributed by atoms with van der Waals surface area (Å²) in [5.41, 5.74) is 0. The molecule has 2 bridgehead atoms. The maximum absolute atomic E-state index is 2.50. The van der Waals surface area contributed by atoms with Crippen molar-refractivity contribution < 1.29 is 0 Å². The van der Waals surface area contributed by atoms with Gasteiger partial charge in [-0.3, -0.25) is 0 Å². The number of allylic oxidation sites excluding steroid dienone is 2. The van der Waals surface area contributed by atoms with E-state index >= 15 is 0 Å². The molecule has 0 heterocycles. The Bertz CT molecular complexity index is 130. The Morgan fingerprint density at radius 2 is 1.09 bits per heavy atom. The first-order valence-corrected chi connectivity index (χ1v) is 5.13. The van der Waals surface area contributed by atoms with Gasteiger partial charge in [-0.2, -0.15) is 0 Å². The van der Waals surface area contributed by atoms with E-state index in [0.717, 1.165) is 11.8 Å². The van der Waals surface area contributed by atoms with Crippen LogP contribution in [-0.2, 0) is 0 Å². The zero-order valence-electron chi connectivity index (χ0n) is 7.26. The second kappa shape index (κ2) is 3.42. The predicted octanol–water partition coefficient (Wildman–Crippen LogP) is 3.53. The normalized spacial score (nSPS) is 37.8. The van der Waals surface area contributed by atoms with Gasteiger partial charge in [-0.25, -0.2) is 0 Å². The number of rotatable bonds is 0. The lowest BCUT2D eigenvalue weighted by atomic mass is 9.93. The van der Waals surface area contributed by atoms with Crippen molar-refractivity contribution in [2.45, 2.75) is 44.9 Å². The SMILES string of the molecule is C1=CC2CCCCC1CCC2. The van der Waals surface area contributed by atoms with Crippen LogP contribution < -0.4 is 0 Å². The summed E-state index contributed by atoms with van der Waals surface area (Å²) in [7, 11) is 0. The van der Waals surface area contributed by atoms with Crippen LogP contribution in [0.5, 0.6) is 0 Å². The summed E-state index contributed by atoms with van der Waals surface area (Å²) in [5.74, 6) is 1.89. The molecule has 2 atom stereocenters. The molecule has 2 aliphatic carbocycles. The van der Waals surface area contributed by atoms with Crippen LogP contribution in [0.15, 0.2) is 12.2 Å². The molecule has 2 unspecified atom stereocenters. The average Bonchev–Trinajstić information content (AvgIpc) is 2.11. The molecule has 2 aliphatic rings. The van der Waals surface area contributed by atoms with E-state index in [1.165, 1.54) is 44.9 Å². The molecule has 11 heavy (non-hydrogen) atoms. The summed E-state index contributed by atoms with van der Waals surface area (Å²) in [6.07, 6.45) is 15.3. The smallest absolute Gasteiger partial charge is 0.0233 e.